The number of aromatic nitrogens is 2. The molecular formula is C16H21FN2O2. The van der Waals surface area contributed by atoms with Gasteiger partial charge in [0, 0.05) is 24.6 Å². The molecule has 0 aliphatic carbocycles. The van der Waals surface area contributed by atoms with E-state index >= 15 is 0 Å². The summed E-state index contributed by atoms with van der Waals surface area (Å²) >= 11 is 0. The third-order valence-corrected chi connectivity index (χ3v) is 3.96. The molecule has 1 aromatic heterocycles. The molecule has 0 amide bonds. The summed E-state index contributed by atoms with van der Waals surface area (Å²) in [4.78, 5) is 0. The summed E-state index contributed by atoms with van der Waals surface area (Å²) in [5.74, 6) is -0.418. The molecule has 1 aromatic carbocycles. The van der Waals surface area contributed by atoms with Crippen molar-refractivity contribution >= 4 is 0 Å². The van der Waals surface area contributed by atoms with E-state index in [0.717, 1.165) is 17.8 Å². The smallest absolute Gasteiger partial charge is 0.127 e. The third kappa shape index (κ3) is 2.99. The highest BCUT2D eigenvalue weighted by atomic mass is 19.1. The number of aliphatic hydroxyl groups is 2. The van der Waals surface area contributed by atoms with E-state index < -0.39 is 11.2 Å². The molecule has 2 N–H and O–H groups in total. The Morgan fingerprint density at radius 3 is 2.43 bits per heavy atom. The summed E-state index contributed by atoms with van der Waals surface area (Å²) in [5.41, 5.74) is 1.07. The van der Waals surface area contributed by atoms with Crippen molar-refractivity contribution in [3.8, 4) is 0 Å². The number of hydrogen-bond donors (Lipinski definition) is 2. The largest absolute Gasteiger partial charge is 0.395 e. The molecule has 0 saturated heterocycles. The average Bonchev–Trinajstić information content (AvgIpc) is 2.86. The quantitative estimate of drug-likeness (QED) is 0.850. The Labute approximate surface area is 123 Å². The van der Waals surface area contributed by atoms with Crippen molar-refractivity contribution in [1.82, 2.24) is 9.78 Å². The Kier molecular flexibility index (Phi) is 4.75. The standard InChI is InChI=1S/C16H21FN2O2/c1-3-12-8-13(19(2)18-12)9-16(10-20,11-21)14-6-4-5-7-15(14)17/h4-8,20-21H,3,9-11H2,1-2H3. The monoisotopic (exact) mass is 292 g/mol. The zero-order valence-corrected chi connectivity index (χ0v) is 12.4. The number of benzene rings is 1. The summed E-state index contributed by atoms with van der Waals surface area (Å²) < 4.78 is 15.8. The molecule has 0 fully saturated rings. The number of hydrogen-bond acceptors (Lipinski definition) is 3. The summed E-state index contributed by atoms with van der Waals surface area (Å²) in [6.45, 7) is 1.34. The van der Waals surface area contributed by atoms with Crippen LogP contribution >= 0.6 is 0 Å². The molecule has 0 bridgehead atoms. The molecule has 5 heteroatoms. The van der Waals surface area contributed by atoms with Crippen molar-refractivity contribution in [3.63, 3.8) is 0 Å². The van der Waals surface area contributed by atoms with Gasteiger partial charge < -0.3 is 10.2 Å². The number of rotatable bonds is 6. The molecule has 0 radical (unpaired) electrons. The van der Waals surface area contributed by atoms with Gasteiger partial charge in [0.05, 0.1) is 18.9 Å². The zero-order chi connectivity index (χ0) is 15.5. The van der Waals surface area contributed by atoms with Crippen LogP contribution < -0.4 is 0 Å². The molecule has 21 heavy (non-hydrogen) atoms. The maximum atomic E-state index is 14.1. The molecular weight excluding hydrogens is 271 g/mol. The van der Waals surface area contributed by atoms with E-state index in [1.807, 2.05) is 20.0 Å². The maximum Gasteiger partial charge on any atom is 0.127 e. The van der Waals surface area contributed by atoms with E-state index in [9.17, 15) is 14.6 Å². The lowest BCUT2D eigenvalue weighted by molar-refractivity contribution is 0.112. The summed E-state index contributed by atoms with van der Waals surface area (Å²) in [5, 5.41) is 24.0. The maximum absolute atomic E-state index is 14.1. The number of halogens is 1. The van der Waals surface area contributed by atoms with Crippen LogP contribution in [0.15, 0.2) is 30.3 Å². The van der Waals surface area contributed by atoms with Crippen LogP contribution in [-0.2, 0) is 25.3 Å². The Morgan fingerprint density at radius 1 is 1.24 bits per heavy atom. The Balaban J connectivity index is 2.43. The average molecular weight is 292 g/mol. The topological polar surface area (TPSA) is 58.3 Å². The van der Waals surface area contributed by atoms with E-state index in [2.05, 4.69) is 5.10 Å². The highest BCUT2D eigenvalue weighted by Gasteiger charge is 2.34. The van der Waals surface area contributed by atoms with Gasteiger partial charge in [0.2, 0.25) is 0 Å². The van der Waals surface area contributed by atoms with Crippen LogP contribution in [0.3, 0.4) is 0 Å². The van der Waals surface area contributed by atoms with Gasteiger partial charge in [0.25, 0.3) is 0 Å². The lowest BCUT2D eigenvalue weighted by Gasteiger charge is -2.30. The second-order valence-electron chi connectivity index (χ2n) is 5.36. The zero-order valence-electron chi connectivity index (χ0n) is 12.4. The van der Waals surface area contributed by atoms with Crippen molar-refractivity contribution in [3.05, 3.63) is 53.1 Å². The Morgan fingerprint density at radius 2 is 1.90 bits per heavy atom. The molecule has 0 saturated carbocycles. The first-order valence-corrected chi connectivity index (χ1v) is 7.05. The first-order chi connectivity index (χ1) is 10.1. The van der Waals surface area contributed by atoms with Crippen LogP contribution in [-0.4, -0.2) is 33.2 Å². The fourth-order valence-electron chi connectivity index (χ4n) is 2.58. The molecule has 0 atom stereocenters. The van der Waals surface area contributed by atoms with E-state index in [4.69, 9.17) is 0 Å². The molecule has 4 nitrogen and oxygen atoms in total. The third-order valence-electron chi connectivity index (χ3n) is 3.96. The van der Waals surface area contributed by atoms with Crippen molar-refractivity contribution in [1.29, 1.82) is 0 Å². The van der Waals surface area contributed by atoms with Crippen molar-refractivity contribution < 1.29 is 14.6 Å². The van der Waals surface area contributed by atoms with Crippen molar-refractivity contribution in [2.24, 2.45) is 7.05 Å². The van der Waals surface area contributed by atoms with Gasteiger partial charge in [-0.1, -0.05) is 25.1 Å². The fraction of sp³-hybridized carbons (Fsp3) is 0.438. The molecule has 114 valence electrons. The van der Waals surface area contributed by atoms with Gasteiger partial charge in [-0.2, -0.15) is 5.10 Å². The van der Waals surface area contributed by atoms with Crippen molar-refractivity contribution in [2.75, 3.05) is 13.2 Å². The molecule has 0 aliphatic rings. The molecule has 2 rings (SSSR count). The molecule has 0 spiro atoms. The van der Waals surface area contributed by atoms with E-state index in [-0.39, 0.29) is 13.2 Å². The summed E-state index contributed by atoms with van der Waals surface area (Å²) in [7, 11) is 1.81. The lowest BCUT2D eigenvalue weighted by atomic mass is 9.77. The van der Waals surface area contributed by atoms with Gasteiger partial charge in [-0.25, -0.2) is 4.39 Å². The molecule has 0 aliphatic heterocycles. The summed E-state index contributed by atoms with van der Waals surface area (Å²) in [6, 6.07) is 8.19. The predicted octanol–water partition coefficient (Wildman–Crippen LogP) is 1.59. The van der Waals surface area contributed by atoms with E-state index in [0.29, 0.717) is 12.0 Å². The SMILES string of the molecule is CCc1cc(CC(CO)(CO)c2ccccc2F)n(C)n1. The minimum Gasteiger partial charge on any atom is -0.395 e. The van der Waals surface area contributed by atoms with E-state index in [1.54, 1.807) is 22.9 Å². The van der Waals surface area contributed by atoms with Gasteiger partial charge in [-0.15, -0.1) is 0 Å². The van der Waals surface area contributed by atoms with Crippen LogP contribution in [0.5, 0.6) is 0 Å². The first-order valence-electron chi connectivity index (χ1n) is 7.05. The fourth-order valence-corrected chi connectivity index (χ4v) is 2.58. The van der Waals surface area contributed by atoms with Gasteiger partial charge in [0.15, 0.2) is 0 Å². The second-order valence-corrected chi connectivity index (χ2v) is 5.36. The minimum atomic E-state index is -1.05. The van der Waals surface area contributed by atoms with Gasteiger partial charge in [-0.3, -0.25) is 4.68 Å². The van der Waals surface area contributed by atoms with Gasteiger partial charge >= 0.3 is 0 Å². The van der Waals surface area contributed by atoms with Crippen LogP contribution in [0.1, 0.15) is 23.9 Å². The molecule has 2 aromatic rings. The van der Waals surface area contributed by atoms with Crippen LogP contribution in [0.25, 0.3) is 0 Å². The summed E-state index contributed by atoms with van der Waals surface area (Å²) in [6.07, 6.45) is 1.13. The molecule has 1 heterocycles. The first kappa shape index (κ1) is 15.7. The van der Waals surface area contributed by atoms with Crippen LogP contribution in [0.2, 0.25) is 0 Å². The number of aryl methyl sites for hydroxylation is 2. The lowest BCUT2D eigenvalue weighted by Crippen LogP contribution is -2.38. The molecule has 0 unspecified atom stereocenters. The highest BCUT2D eigenvalue weighted by molar-refractivity contribution is 5.30. The number of aliphatic hydroxyl groups excluding tert-OH is 2. The normalized spacial score (nSPS) is 11.9. The Bertz CT molecular complexity index is 606. The van der Waals surface area contributed by atoms with Gasteiger partial charge in [0.1, 0.15) is 5.82 Å². The predicted molar refractivity (Wildman–Crippen MR) is 78.5 cm³/mol. The number of nitrogens with zero attached hydrogens (tertiary/aromatic N) is 2. The Hall–Kier alpha value is -1.72. The van der Waals surface area contributed by atoms with Crippen LogP contribution in [0.4, 0.5) is 4.39 Å². The van der Waals surface area contributed by atoms with Gasteiger partial charge in [-0.05, 0) is 24.1 Å². The minimum absolute atomic E-state index is 0.324. The van der Waals surface area contributed by atoms with Crippen LogP contribution in [0, 0.1) is 5.82 Å². The highest BCUT2D eigenvalue weighted by Crippen LogP contribution is 2.30. The second kappa shape index (κ2) is 6.37. The van der Waals surface area contributed by atoms with Crippen molar-refractivity contribution in [2.45, 2.75) is 25.2 Å². The van der Waals surface area contributed by atoms with E-state index in [1.165, 1.54) is 6.07 Å².